The Bertz CT molecular complexity index is 208. The monoisotopic (exact) mass is 201 g/mol. The van der Waals surface area contributed by atoms with Gasteiger partial charge in [0.25, 0.3) is 0 Å². The standard InChI is InChI=1S/C9H19N3O2/c1-10-9(14)12-6-8(13)4-7(12)5-11(2)3/h7-8,13H,4-6H2,1-3H3,(H,10,14). The smallest absolute Gasteiger partial charge is 0.317 e. The molecule has 5 nitrogen and oxygen atoms in total. The number of rotatable bonds is 2. The molecule has 0 aromatic heterocycles. The fraction of sp³-hybridized carbons (Fsp3) is 0.889. The lowest BCUT2D eigenvalue weighted by atomic mass is 10.2. The first-order chi connectivity index (χ1) is 6.54. The van der Waals surface area contributed by atoms with E-state index in [-0.39, 0.29) is 18.2 Å². The van der Waals surface area contributed by atoms with Crippen LogP contribution < -0.4 is 5.32 Å². The van der Waals surface area contributed by atoms with Crippen molar-refractivity contribution in [1.82, 2.24) is 15.1 Å². The highest BCUT2D eigenvalue weighted by molar-refractivity contribution is 5.74. The normalized spacial score (nSPS) is 27.1. The number of β-amino-alcohol motifs (C(OH)–C–C–N with tert-alkyl or cyclic N) is 1. The zero-order valence-electron chi connectivity index (χ0n) is 9.03. The summed E-state index contributed by atoms with van der Waals surface area (Å²) in [6, 6.07) is 0.0216. The molecule has 0 bridgehead atoms. The fourth-order valence-electron chi connectivity index (χ4n) is 1.88. The first-order valence-corrected chi connectivity index (χ1v) is 4.85. The summed E-state index contributed by atoms with van der Waals surface area (Å²) in [5.74, 6) is 0. The van der Waals surface area contributed by atoms with Crippen LogP contribution in [0.3, 0.4) is 0 Å². The van der Waals surface area contributed by atoms with E-state index in [4.69, 9.17) is 0 Å². The highest BCUT2D eigenvalue weighted by Gasteiger charge is 2.33. The summed E-state index contributed by atoms with van der Waals surface area (Å²) in [5, 5.41) is 12.1. The Labute approximate surface area is 84.7 Å². The maximum atomic E-state index is 11.4. The minimum atomic E-state index is -0.378. The quantitative estimate of drug-likeness (QED) is 0.622. The van der Waals surface area contributed by atoms with Crippen molar-refractivity contribution in [3.05, 3.63) is 0 Å². The van der Waals surface area contributed by atoms with Crippen molar-refractivity contribution in [3.63, 3.8) is 0 Å². The van der Waals surface area contributed by atoms with Crippen molar-refractivity contribution in [1.29, 1.82) is 0 Å². The number of aliphatic hydroxyl groups excluding tert-OH is 1. The number of hydrogen-bond donors (Lipinski definition) is 2. The molecular weight excluding hydrogens is 182 g/mol. The first-order valence-electron chi connectivity index (χ1n) is 4.85. The molecule has 2 atom stereocenters. The molecule has 0 aromatic rings. The van der Waals surface area contributed by atoms with Gasteiger partial charge < -0.3 is 20.2 Å². The molecule has 0 radical (unpaired) electrons. The van der Waals surface area contributed by atoms with Gasteiger partial charge in [-0.3, -0.25) is 0 Å². The average Bonchev–Trinajstić information content (AvgIpc) is 2.44. The van der Waals surface area contributed by atoms with Crippen LogP contribution in [0.2, 0.25) is 0 Å². The molecule has 1 fully saturated rings. The van der Waals surface area contributed by atoms with E-state index >= 15 is 0 Å². The molecule has 2 unspecified atom stereocenters. The number of urea groups is 1. The number of aliphatic hydroxyl groups is 1. The molecule has 1 heterocycles. The molecule has 0 aromatic carbocycles. The van der Waals surface area contributed by atoms with E-state index in [0.29, 0.717) is 13.0 Å². The Hall–Kier alpha value is -0.810. The van der Waals surface area contributed by atoms with Crippen LogP contribution in [0, 0.1) is 0 Å². The molecule has 2 N–H and O–H groups in total. The van der Waals surface area contributed by atoms with E-state index in [1.807, 2.05) is 19.0 Å². The van der Waals surface area contributed by atoms with E-state index in [0.717, 1.165) is 6.54 Å². The highest BCUT2D eigenvalue weighted by Crippen LogP contribution is 2.18. The van der Waals surface area contributed by atoms with Crippen LogP contribution in [0.5, 0.6) is 0 Å². The van der Waals surface area contributed by atoms with Crippen LogP contribution >= 0.6 is 0 Å². The number of likely N-dealkylation sites (tertiary alicyclic amines) is 1. The number of amides is 2. The van der Waals surface area contributed by atoms with E-state index < -0.39 is 0 Å². The van der Waals surface area contributed by atoms with Gasteiger partial charge in [-0.15, -0.1) is 0 Å². The Kier molecular flexibility index (Phi) is 3.71. The summed E-state index contributed by atoms with van der Waals surface area (Å²) in [6.07, 6.45) is 0.295. The second-order valence-corrected chi connectivity index (χ2v) is 4.01. The minimum absolute atomic E-state index is 0.103. The molecule has 1 rings (SSSR count). The summed E-state index contributed by atoms with van der Waals surface area (Å²) in [7, 11) is 5.54. The summed E-state index contributed by atoms with van der Waals surface area (Å²) < 4.78 is 0. The van der Waals surface area contributed by atoms with Crippen molar-refractivity contribution in [3.8, 4) is 0 Å². The lowest BCUT2D eigenvalue weighted by Crippen LogP contribution is -2.45. The molecule has 2 amide bonds. The van der Waals surface area contributed by atoms with Crippen LogP contribution in [0.25, 0.3) is 0 Å². The zero-order chi connectivity index (χ0) is 10.7. The maximum absolute atomic E-state index is 11.4. The molecular formula is C9H19N3O2. The van der Waals surface area contributed by atoms with Crippen molar-refractivity contribution in [2.75, 3.05) is 34.2 Å². The fourth-order valence-corrected chi connectivity index (χ4v) is 1.88. The second kappa shape index (κ2) is 4.61. The maximum Gasteiger partial charge on any atom is 0.317 e. The predicted molar refractivity (Wildman–Crippen MR) is 54.1 cm³/mol. The third kappa shape index (κ3) is 2.59. The van der Waals surface area contributed by atoms with Gasteiger partial charge in [0.2, 0.25) is 0 Å². The second-order valence-electron chi connectivity index (χ2n) is 4.01. The number of carbonyl (C=O) groups excluding carboxylic acids is 1. The third-order valence-electron chi connectivity index (χ3n) is 2.44. The molecule has 0 saturated carbocycles. The number of hydrogen-bond acceptors (Lipinski definition) is 3. The van der Waals surface area contributed by atoms with Gasteiger partial charge in [0.05, 0.1) is 6.10 Å². The van der Waals surface area contributed by atoms with E-state index in [1.165, 1.54) is 0 Å². The number of nitrogens with one attached hydrogen (secondary N) is 1. The van der Waals surface area contributed by atoms with E-state index in [1.54, 1.807) is 11.9 Å². The Balaban J connectivity index is 2.58. The molecule has 82 valence electrons. The van der Waals surface area contributed by atoms with Crippen LogP contribution in [0.4, 0.5) is 4.79 Å². The largest absolute Gasteiger partial charge is 0.391 e. The van der Waals surface area contributed by atoms with Gasteiger partial charge in [-0.25, -0.2) is 4.79 Å². The van der Waals surface area contributed by atoms with Crippen LogP contribution in [-0.2, 0) is 0 Å². The predicted octanol–water partition coefficient (Wildman–Crippen LogP) is -0.677. The van der Waals surface area contributed by atoms with Crippen molar-refractivity contribution in [2.45, 2.75) is 18.6 Å². The van der Waals surface area contributed by atoms with Crippen LogP contribution in [0.1, 0.15) is 6.42 Å². The highest BCUT2D eigenvalue weighted by atomic mass is 16.3. The van der Waals surface area contributed by atoms with Crippen molar-refractivity contribution in [2.24, 2.45) is 0 Å². The lowest BCUT2D eigenvalue weighted by molar-refractivity contribution is 0.168. The summed E-state index contributed by atoms with van der Waals surface area (Å²) in [5.41, 5.74) is 0. The number of carbonyl (C=O) groups is 1. The molecule has 14 heavy (non-hydrogen) atoms. The third-order valence-corrected chi connectivity index (χ3v) is 2.44. The molecule has 1 aliphatic heterocycles. The van der Waals surface area contributed by atoms with Gasteiger partial charge in [-0.05, 0) is 20.5 Å². The van der Waals surface area contributed by atoms with Crippen molar-refractivity contribution >= 4 is 6.03 Å². The van der Waals surface area contributed by atoms with Gasteiger partial charge in [0.15, 0.2) is 0 Å². The van der Waals surface area contributed by atoms with Gasteiger partial charge in [-0.2, -0.15) is 0 Å². The topological polar surface area (TPSA) is 55.8 Å². The summed E-state index contributed by atoms with van der Waals surface area (Å²) in [6.45, 7) is 1.24. The van der Waals surface area contributed by atoms with E-state index in [9.17, 15) is 9.90 Å². The Morgan fingerprint density at radius 3 is 2.79 bits per heavy atom. The van der Waals surface area contributed by atoms with Crippen molar-refractivity contribution < 1.29 is 9.90 Å². The molecule has 0 spiro atoms. The van der Waals surface area contributed by atoms with Crippen LogP contribution in [-0.4, -0.2) is 67.3 Å². The Morgan fingerprint density at radius 2 is 2.29 bits per heavy atom. The molecule has 1 saturated heterocycles. The molecule has 0 aliphatic carbocycles. The lowest BCUT2D eigenvalue weighted by Gasteiger charge is -2.26. The molecule has 5 heteroatoms. The molecule has 1 aliphatic rings. The minimum Gasteiger partial charge on any atom is -0.391 e. The van der Waals surface area contributed by atoms with Gasteiger partial charge >= 0.3 is 6.03 Å². The zero-order valence-corrected chi connectivity index (χ0v) is 9.03. The van der Waals surface area contributed by atoms with Gasteiger partial charge in [0, 0.05) is 26.2 Å². The van der Waals surface area contributed by atoms with E-state index in [2.05, 4.69) is 5.32 Å². The number of nitrogens with zero attached hydrogens (tertiary/aromatic N) is 2. The SMILES string of the molecule is CNC(=O)N1CC(O)CC1CN(C)C. The summed E-state index contributed by atoms with van der Waals surface area (Å²) >= 11 is 0. The number of likely N-dealkylation sites (N-methyl/N-ethyl adjacent to an activating group) is 1. The summed E-state index contributed by atoms with van der Waals surface area (Å²) in [4.78, 5) is 15.2. The first kappa shape index (κ1) is 11.3. The van der Waals surface area contributed by atoms with Gasteiger partial charge in [0.1, 0.15) is 0 Å². The van der Waals surface area contributed by atoms with Gasteiger partial charge in [-0.1, -0.05) is 0 Å². The van der Waals surface area contributed by atoms with Crippen LogP contribution in [0.15, 0.2) is 0 Å². The average molecular weight is 201 g/mol. The Morgan fingerprint density at radius 1 is 1.64 bits per heavy atom.